The molecule has 0 aliphatic heterocycles. The Labute approximate surface area is 82.5 Å². The van der Waals surface area contributed by atoms with Gasteiger partial charge < -0.3 is 5.11 Å². The van der Waals surface area contributed by atoms with Crippen molar-refractivity contribution in [2.24, 2.45) is 0 Å². The van der Waals surface area contributed by atoms with Gasteiger partial charge in [-0.1, -0.05) is 12.8 Å². The van der Waals surface area contributed by atoms with E-state index in [0.29, 0.717) is 6.04 Å². The van der Waals surface area contributed by atoms with E-state index in [-0.39, 0.29) is 6.42 Å². The molecule has 0 saturated heterocycles. The van der Waals surface area contributed by atoms with Crippen LogP contribution in [0.15, 0.2) is 12.3 Å². The fraction of sp³-hybridized carbons (Fsp3) is 0.600. The molecule has 76 valence electrons. The number of hydrogen-bond acceptors (Lipinski definition) is 2. The van der Waals surface area contributed by atoms with Crippen LogP contribution in [-0.2, 0) is 11.2 Å². The highest BCUT2D eigenvalue weighted by atomic mass is 16.4. The summed E-state index contributed by atoms with van der Waals surface area (Å²) in [6.45, 7) is 0. The average Bonchev–Trinajstić information content (AvgIpc) is 2.70. The SMILES string of the molecule is O=C(O)Cc1ccnn1C1CCCC1. The molecule has 1 aromatic rings. The van der Waals surface area contributed by atoms with Gasteiger partial charge in [-0.3, -0.25) is 9.48 Å². The molecule has 2 rings (SSSR count). The highest BCUT2D eigenvalue weighted by molar-refractivity contribution is 5.69. The minimum Gasteiger partial charge on any atom is -0.481 e. The van der Waals surface area contributed by atoms with Crippen LogP contribution in [0.4, 0.5) is 0 Å². The topological polar surface area (TPSA) is 55.1 Å². The Bertz CT molecular complexity index is 327. The second-order valence-corrected chi connectivity index (χ2v) is 3.78. The zero-order valence-corrected chi connectivity index (χ0v) is 8.02. The van der Waals surface area contributed by atoms with E-state index in [0.717, 1.165) is 18.5 Å². The monoisotopic (exact) mass is 194 g/mol. The Morgan fingerprint density at radius 2 is 2.29 bits per heavy atom. The lowest BCUT2D eigenvalue weighted by Gasteiger charge is -2.12. The summed E-state index contributed by atoms with van der Waals surface area (Å²) in [5.41, 5.74) is 0.824. The second-order valence-electron chi connectivity index (χ2n) is 3.78. The standard InChI is InChI=1S/C10H14N2O2/c13-10(14)7-9-5-6-11-12(9)8-3-1-2-4-8/h5-6,8H,1-4,7H2,(H,13,14). The first-order valence-electron chi connectivity index (χ1n) is 5.01. The highest BCUT2D eigenvalue weighted by Gasteiger charge is 2.20. The minimum absolute atomic E-state index is 0.0799. The number of carboxylic acids is 1. The van der Waals surface area contributed by atoms with Gasteiger partial charge in [0.1, 0.15) is 0 Å². The van der Waals surface area contributed by atoms with Crippen LogP contribution in [0.3, 0.4) is 0 Å². The smallest absolute Gasteiger partial charge is 0.309 e. The molecule has 0 atom stereocenters. The molecule has 4 heteroatoms. The van der Waals surface area contributed by atoms with Crippen molar-refractivity contribution in [1.29, 1.82) is 0 Å². The molecule has 1 N–H and O–H groups in total. The summed E-state index contributed by atoms with van der Waals surface area (Å²) < 4.78 is 1.89. The Morgan fingerprint density at radius 3 is 2.93 bits per heavy atom. The van der Waals surface area contributed by atoms with Crippen LogP contribution >= 0.6 is 0 Å². The quantitative estimate of drug-likeness (QED) is 0.795. The van der Waals surface area contributed by atoms with Crippen molar-refractivity contribution >= 4 is 5.97 Å². The second kappa shape index (κ2) is 3.82. The van der Waals surface area contributed by atoms with Crippen LogP contribution in [0, 0.1) is 0 Å². The van der Waals surface area contributed by atoms with Gasteiger partial charge in [0.15, 0.2) is 0 Å². The molecule has 4 nitrogen and oxygen atoms in total. The molecule has 1 heterocycles. The van der Waals surface area contributed by atoms with Crippen molar-refractivity contribution in [2.45, 2.75) is 38.1 Å². The van der Waals surface area contributed by atoms with Gasteiger partial charge in [0.25, 0.3) is 0 Å². The molecule has 0 radical (unpaired) electrons. The maximum Gasteiger partial charge on any atom is 0.309 e. The molecular formula is C10H14N2O2. The zero-order chi connectivity index (χ0) is 9.97. The van der Waals surface area contributed by atoms with E-state index in [9.17, 15) is 4.79 Å². The van der Waals surface area contributed by atoms with Crippen molar-refractivity contribution in [3.63, 3.8) is 0 Å². The molecule has 14 heavy (non-hydrogen) atoms. The first kappa shape index (κ1) is 9.24. The Hall–Kier alpha value is -1.32. The maximum absolute atomic E-state index is 10.6. The lowest BCUT2D eigenvalue weighted by molar-refractivity contribution is -0.136. The van der Waals surface area contributed by atoms with Crippen LogP contribution in [0.5, 0.6) is 0 Å². The van der Waals surface area contributed by atoms with E-state index in [1.54, 1.807) is 12.3 Å². The summed E-state index contributed by atoms with van der Waals surface area (Å²) in [5.74, 6) is -0.787. The van der Waals surface area contributed by atoms with Gasteiger partial charge in [0.05, 0.1) is 12.5 Å². The van der Waals surface area contributed by atoms with Crippen LogP contribution < -0.4 is 0 Å². The predicted octanol–water partition coefficient (Wildman–Crippen LogP) is 1.63. The zero-order valence-electron chi connectivity index (χ0n) is 8.02. The Morgan fingerprint density at radius 1 is 1.57 bits per heavy atom. The number of carbonyl (C=O) groups is 1. The number of hydrogen-bond donors (Lipinski definition) is 1. The lowest BCUT2D eigenvalue weighted by Crippen LogP contribution is -2.13. The number of nitrogens with zero attached hydrogens (tertiary/aromatic N) is 2. The van der Waals surface area contributed by atoms with E-state index < -0.39 is 5.97 Å². The van der Waals surface area contributed by atoms with Crippen molar-refractivity contribution in [1.82, 2.24) is 9.78 Å². The Balaban J connectivity index is 2.15. The van der Waals surface area contributed by atoms with E-state index in [4.69, 9.17) is 5.11 Å². The van der Waals surface area contributed by atoms with Crippen LogP contribution in [-0.4, -0.2) is 20.9 Å². The summed E-state index contributed by atoms with van der Waals surface area (Å²) in [4.78, 5) is 10.6. The predicted molar refractivity (Wildman–Crippen MR) is 51.1 cm³/mol. The van der Waals surface area contributed by atoms with Crippen LogP contribution in [0.25, 0.3) is 0 Å². The fourth-order valence-corrected chi connectivity index (χ4v) is 2.11. The molecule has 1 aliphatic carbocycles. The molecule has 1 aliphatic rings. The van der Waals surface area contributed by atoms with Crippen LogP contribution in [0.2, 0.25) is 0 Å². The maximum atomic E-state index is 10.6. The third kappa shape index (κ3) is 1.78. The molecule has 1 fully saturated rings. The van der Waals surface area contributed by atoms with Crippen LogP contribution in [0.1, 0.15) is 37.4 Å². The minimum atomic E-state index is -0.787. The normalized spacial score (nSPS) is 17.4. The fourth-order valence-electron chi connectivity index (χ4n) is 2.11. The molecule has 0 bridgehead atoms. The van der Waals surface area contributed by atoms with Gasteiger partial charge in [-0.15, -0.1) is 0 Å². The summed E-state index contributed by atoms with van der Waals surface area (Å²) in [5, 5.41) is 12.9. The van der Waals surface area contributed by atoms with Gasteiger partial charge in [-0.2, -0.15) is 5.10 Å². The number of aromatic nitrogens is 2. The van der Waals surface area contributed by atoms with Gasteiger partial charge in [0.2, 0.25) is 0 Å². The molecule has 0 aromatic carbocycles. The van der Waals surface area contributed by atoms with Gasteiger partial charge in [-0.25, -0.2) is 0 Å². The summed E-state index contributed by atoms with van der Waals surface area (Å²) in [6.07, 6.45) is 6.50. The summed E-state index contributed by atoms with van der Waals surface area (Å²) in [6, 6.07) is 2.23. The molecule has 0 amide bonds. The Kier molecular flexibility index (Phi) is 2.52. The molecule has 0 spiro atoms. The third-order valence-corrected chi connectivity index (χ3v) is 2.76. The van der Waals surface area contributed by atoms with E-state index in [1.807, 2.05) is 4.68 Å². The van der Waals surface area contributed by atoms with E-state index in [1.165, 1.54) is 12.8 Å². The average molecular weight is 194 g/mol. The molecule has 1 saturated carbocycles. The van der Waals surface area contributed by atoms with Gasteiger partial charge in [-0.05, 0) is 18.9 Å². The van der Waals surface area contributed by atoms with Crippen molar-refractivity contribution in [3.05, 3.63) is 18.0 Å². The number of carboxylic acid groups (broad SMARTS) is 1. The first-order valence-corrected chi connectivity index (χ1v) is 5.01. The number of aliphatic carboxylic acids is 1. The lowest BCUT2D eigenvalue weighted by atomic mass is 10.2. The first-order chi connectivity index (χ1) is 6.77. The largest absolute Gasteiger partial charge is 0.481 e. The highest BCUT2D eigenvalue weighted by Crippen LogP contribution is 2.29. The molecule has 1 aromatic heterocycles. The third-order valence-electron chi connectivity index (χ3n) is 2.76. The summed E-state index contributed by atoms with van der Waals surface area (Å²) in [7, 11) is 0. The van der Waals surface area contributed by atoms with Gasteiger partial charge in [0, 0.05) is 11.9 Å². The van der Waals surface area contributed by atoms with E-state index >= 15 is 0 Å². The van der Waals surface area contributed by atoms with Crippen molar-refractivity contribution in [3.8, 4) is 0 Å². The van der Waals surface area contributed by atoms with Crippen molar-refractivity contribution in [2.75, 3.05) is 0 Å². The summed E-state index contributed by atoms with van der Waals surface area (Å²) >= 11 is 0. The van der Waals surface area contributed by atoms with E-state index in [2.05, 4.69) is 5.10 Å². The van der Waals surface area contributed by atoms with Crippen molar-refractivity contribution < 1.29 is 9.90 Å². The number of rotatable bonds is 3. The molecular weight excluding hydrogens is 180 g/mol. The molecule has 0 unspecified atom stereocenters. The van der Waals surface area contributed by atoms with Gasteiger partial charge >= 0.3 is 5.97 Å².